The summed E-state index contributed by atoms with van der Waals surface area (Å²) in [7, 11) is 0. The van der Waals surface area contributed by atoms with E-state index in [0.717, 1.165) is 33.6 Å². The summed E-state index contributed by atoms with van der Waals surface area (Å²) in [6.07, 6.45) is 5.70. The molecule has 1 heterocycles. The van der Waals surface area contributed by atoms with Gasteiger partial charge in [0, 0.05) is 29.9 Å². The third kappa shape index (κ3) is 4.81. The van der Waals surface area contributed by atoms with Gasteiger partial charge in [-0.05, 0) is 103 Å². The monoisotopic (exact) mass is 588 g/mol. The molecule has 2 heteroatoms. The van der Waals surface area contributed by atoms with Crippen molar-refractivity contribution in [3.63, 3.8) is 0 Å². The molecule has 2 nitrogen and oxygen atoms in total. The average molecular weight is 589 g/mol. The molecule has 7 aromatic rings. The fourth-order valence-electron chi connectivity index (χ4n) is 6.76. The SMILES string of the molecule is C=C1/C=N\C=C/N(c2cccc(C)c2)c2ccc(-c3ccc4c(-c5ccccc5)c5ccccc5c(-c5ccccc5)c4c3)cc21. The Hall–Kier alpha value is -5.99. The van der Waals surface area contributed by atoms with Gasteiger partial charge < -0.3 is 4.90 Å². The first kappa shape index (κ1) is 27.6. The number of hydrogen-bond acceptors (Lipinski definition) is 2. The van der Waals surface area contributed by atoms with Crippen molar-refractivity contribution in [3.05, 3.63) is 176 Å². The summed E-state index contributed by atoms with van der Waals surface area (Å²) in [5, 5.41) is 4.98. The van der Waals surface area contributed by atoms with Gasteiger partial charge in [-0.2, -0.15) is 0 Å². The lowest BCUT2D eigenvalue weighted by atomic mass is 9.84. The third-order valence-electron chi connectivity index (χ3n) is 8.90. The quantitative estimate of drug-likeness (QED) is 0.187. The van der Waals surface area contributed by atoms with Crippen molar-refractivity contribution in [3.8, 4) is 33.4 Å². The molecule has 46 heavy (non-hydrogen) atoms. The minimum Gasteiger partial charge on any atom is -0.315 e. The van der Waals surface area contributed by atoms with E-state index in [1.165, 1.54) is 49.4 Å². The number of hydrogen-bond donors (Lipinski definition) is 0. The Kier molecular flexibility index (Phi) is 6.89. The summed E-state index contributed by atoms with van der Waals surface area (Å²) in [5.41, 5.74) is 12.6. The third-order valence-corrected chi connectivity index (χ3v) is 8.90. The molecule has 0 saturated heterocycles. The molecule has 0 unspecified atom stereocenters. The lowest BCUT2D eigenvalue weighted by Crippen LogP contribution is -2.12. The minimum atomic E-state index is 0.877. The van der Waals surface area contributed by atoms with Gasteiger partial charge in [0.2, 0.25) is 0 Å². The summed E-state index contributed by atoms with van der Waals surface area (Å²) in [4.78, 5) is 6.71. The minimum absolute atomic E-state index is 0.877. The average Bonchev–Trinajstić information content (AvgIpc) is 3.10. The Labute approximate surface area is 269 Å². The molecule has 1 aliphatic heterocycles. The van der Waals surface area contributed by atoms with Crippen LogP contribution < -0.4 is 4.90 Å². The zero-order chi connectivity index (χ0) is 31.0. The first-order chi connectivity index (χ1) is 22.7. The highest BCUT2D eigenvalue weighted by molar-refractivity contribution is 6.22. The van der Waals surface area contributed by atoms with Crippen LogP contribution in [0.5, 0.6) is 0 Å². The van der Waals surface area contributed by atoms with E-state index in [0.29, 0.717) is 0 Å². The summed E-state index contributed by atoms with van der Waals surface area (Å²) < 4.78 is 0. The summed E-state index contributed by atoms with van der Waals surface area (Å²) in [5.74, 6) is 0. The molecule has 1 aliphatic rings. The van der Waals surface area contributed by atoms with E-state index in [2.05, 4.69) is 169 Å². The van der Waals surface area contributed by atoms with Crippen LogP contribution in [0.25, 0.3) is 60.5 Å². The van der Waals surface area contributed by atoms with Crippen LogP contribution in [0, 0.1) is 6.92 Å². The summed E-state index contributed by atoms with van der Waals surface area (Å²) >= 11 is 0. The van der Waals surface area contributed by atoms with Gasteiger partial charge >= 0.3 is 0 Å². The molecule has 218 valence electrons. The molecule has 7 aromatic carbocycles. The standard InChI is InChI=1S/C44H32N2/c1-30-12-11-17-36(26-30)46-25-24-45-29-31(2)40-27-35(21-23-42(40)46)34-20-22-39-41(28-34)44(33-15-7-4-8-16-33)38-19-10-9-18-37(38)43(39)32-13-5-3-6-14-32/h3-29H,2H2,1H3/b25-24-,45-29-. The number of anilines is 2. The predicted octanol–water partition coefficient (Wildman–Crippen LogP) is 12.0. The van der Waals surface area contributed by atoms with Gasteiger partial charge in [0.05, 0.1) is 5.69 Å². The Morgan fingerprint density at radius 2 is 1.13 bits per heavy atom. The highest BCUT2D eigenvalue weighted by Crippen LogP contribution is 2.45. The van der Waals surface area contributed by atoms with Gasteiger partial charge in [-0.3, -0.25) is 4.99 Å². The number of aliphatic imine (C=N–C) groups is 1. The molecule has 0 fully saturated rings. The van der Waals surface area contributed by atoms with Crippen molar-refractivity contribution in [2.75, 3.05) is 4.90 Å². The first-order valence-corrected chi connectivity index (χ1v) is 15.6. The van der Waals surface area contributed by atoms with E-state index in [1.54, 1.807) is 0 Å². The number of benzene rings is 7. The second-order valence-electron chi connectivity index (χ2n) is 11.8. The molecular formula is C44H32N2. The molecule has 0 amide bonds. The Morgan fingerprint density at radius 3 is 1.83 bits per heavy atom. The maximum absolute atomic E-state index is 4.52. The number of nitrogens with zero attached hydrogens (tertiary/aromatic N) is 2. The second-order valence-corrected chi connectivity index (χ2v) is 11.8. The van der Waals surface area contributed by atoms with E-state index < -0.39 is 0 Å². The van der Waals surface area contributed by atoms with Crippen LogP contribution in [0.4, 0.5) is 11.4 Å². The van der Waals surface area contributed by atoms with Crippen molar-refractivity contribution in [2.45, 2.75) is 6.92 Å². The highest BCUT2D eigenvalue weighted by Gasteiger charge is 2.19. The molecular weight excluding hydrogens is 556 g/mol. The first-order valence-electron chi connectivity index (χ1n) is 15.6. The predicted molar refractivity (Wildman–Crippen MR) is 198 cm³/mol. The highest BCUT2D eigenvalue weighted by atomic mass is 15.1. The van der Waals surface area contributed by atoms with Crippen LogP contribution >= 0.6 is 0 Å². The van der Waals surface area contributed by atoms with E-state index >= 15 is 0 Å². The summed E-state index contributed by atoms with van der Waals surface area (Å²) in [6, 6.07) is 52.5. The van der Waals surface area contributed by atoms with Gasteiger partial charge in [0.1, 0.15) is 0 Å². The maximum Gasteiger partial charge on any atom is 0.0535 e. The fourth-order valence-corrected chi connectivity index (χ4v) is 6.76. The second kappa shape index (κ2) is 11.5. The van der Waals surface area contributed by atoms with E-state index in [4.69, 9.17) is 0 Å². The van der Waals surface area contributed by atoms with E-state index in [9.17, 15) is 0 Å². The van der Waals surface area contributed by atoms with Gasteiger partial charge in [-0.25, -0.2) is 0 Å². The van der Waals surface area contributed by atoms with E-state index in [1.807, 2.05) is 18.6 Å². The number of aryl methyl sites for hydroxylation is 1. The van der Waals surface area contributed by atoms with Crippen molar-refractivity contribution in [1.29, 1.82) is 0 Å². The van der Waals surface area contributed by atoms with Crippen LogP contribution in [0.15, 0.2) is 170 Å². The van der Waals surface area contributed by atoms with Crippen molar-refractivity contribution in [2.24, 2.45) is 4.99 Å². The van der Waals surface area contributed by atoms with E-state index in [-0.39, 0.29) is 0 Å². The largest absolute Gasteiger partial charge is 0.315 e. The maximum atomic E-state index is 4.52. The van der Waals surface area contributed by atoms with Crippen LogP contribution in [0.2, 0.25) is 0 Å². The van der Waals surface area contributed by atoms with Crippen LogP contribution in [-0.2, 0) is 0 Å². The van der Waals surface area contributed by atoms with Gasteiger partial charge in [0.15, 0.2) is 0 Å². The molecule has 0 bridgehead atoms. The van der Waals surface area contributed by atoms with Crippen LogP contribution in [-0.4, -0.2) is 6.21 Å². The topological polar surface area (TPSA) is 15.6 Å². The van der Waals surface area contributed by atoms with Gasteiger partial charge in [-0.1, -0.05) is 122 Å². The fraction of sp³-hybridized carbons (Fsp3) is 0.0227. The van der Waals surface area contributed by atoms with Gasteiger partial charge in [0.25, 0.3) is 0 Å². The Balaban J connectivity index is 1.37. The number of fused-ring (bicyclic) bond motifs is 3. The van der Waals surface area contributed by atoms with Gasteiger partial charge in [-0.15, -0.1) is 0 Å². The number of rotatable bonds is 4. The number of allylic oxidation sites excluding steroid dienone is 1. The lowest BCUT2D eigenvalue weighted by Gasteiger charge is -2.25. The molecule has 0 N–H and O–H groups in total. The lowest BCUT2D eigenvalue weighted by molar-refractivity contribution is 1.25. The van der Waals surface area contributed by atoms with Crippen LogP contribution in [0.1, 0.15) is 11.1 Å². The molecule has 0 aliphatic carbocycles. The normalized spacial score (nSPS) is 14.1. The molecule has 0 saturated carbocycles. The smallest absolute Gasteiger partial charge is 0.0535 e. The Morgan fingerprint density at radius 1 is 0.522 bits per heavy atom. The Bertz CT molecular complexity index is 2330. The molecule has 0 aromatic heterocycles. The van der Waals surface area contributed by atoms with Crippen molar-refractivity contribution < 1.29 is 0 Å². The molecule has 8 rings (SSSR count). The van der Waals surface area contributed by atoms with Crippen molar-refractivity contribution in [1.82, 2.24) is 0 Å². The van der Waals surface area contributed by atoms with Crippen molar-refractivity contribution >= 4 is 44.7 Å². The molecule has 0 radical (unpaired) electrons. The zero-order valence-corrected chi connectivity index (χ0v) is 25.7. The molecule has 0 spiro atoms. The summed E-state index contributed by atoms with van der Waals surface area (Å²) in [6.45, 7) is 6.53. The van der Waals surface area contributed by atoms with Crippen LogP contribution in [0.3, 0.4) is 0 Å². The zero-order valence-electron chi connectivity index (χ0n) is 25.7. The molecule has 0 atom stereocenters.